The lowest BCUT2D eigenvalue weighted by Crippen LogP contribution is -1.73. The molecular formula is C10H6ClO. The molecule has 1 nitrogen and oxygen atoms in total. The Kier molecular flexibility index (Phi) is 1.66. The molecule has 2 heteroatoms. The van der Waals surface area contributed by atoms with E-state index in [2.05, 4.69) is 0 Å². The van der Waals surface area contributed by atoms with E-state index in [1.807, 2.05) is 18.2 Å². The maximum absolute atomic E-state index is 11.3. The second-order valence-electron chi connectivity index (χ2n) is 2.59. The molecule has 0 unspecified atom stereocenters. The third-order valence-electron chi connectivity index (χ3n) is 1.83. The highest BCUT2D eigenvalue weighted by molar-refractivity contribution is 6.35. The van der Waals surface area contributed by atoms with Crippen molar-refractivity contribution in [2.24, 2.45) is 0 Å². The highest BCUT2D eigenvalue weighted by Gasteiger charge is 2.02. The first kappa shape index (κ1) is 7.44. The summed E-state index contributed by atoms with van der Waals surface area (Å²) in [5.41, 5.74) is 0. The van der Waals surface area contributed by atoms with Crippen LogP contribution in [0.4, 0.5) is 0 Å². The Morgan fingerprint density at radius 2 is 1.58 bits per heavy atom. The van der Waals surface area contributed by atoms with Gasteiger partial charge in [0, 0.05) is 15.8 Å². The van der Waals surface area contributed by atoms with Crippen LogP contribution in [0.2, 0.25) is 5.02 Å². The Hall–Kier alpha value is -1.21. The highest BCUT2D eigenvalue weighted by atomic mass is 35.5. The Labute approximate surface area is 75.2 Å². The van der Waals surface area contributed by atoms with Crippen molar-refractivity contribution in [1.29, 1.82) is 0 Å². The van der Waals surface area contributed by atoms with E-state index >= 15 is 0 Å². The average Bonchev–Trinajstić information content (AvgIpc) is 2.12. The van der Waals surface area contributed by atoms with Crippen LogP contribution >= 0.6 is 11.6 Å². The van der Waals surface area contributed by atoms with Crippen LogP contribution in [-0.2, 0) is 5.11 Å². The maximum atomic E-state index is 11.3. The minimum atomic E-state index is 0.0231. The first-order valence-electron chi connectivity index (χ1n) is 3.63. The first-order valence-corrected chi connectivity index (χ1v) is 4.01. The van der Waals surface area contributed by atoms with E-state index in [0.29, 0.717) is 10.4 Å². The van der Waals surface area contributed by atoms with Gasteiger partial charge in [-0.1, -0.05) is 35.9 Å². The van der Waals surface area contributed by atoms with Gasteiger partial charge in [-0.2, -0.15) is 0 Å². The van der Waals surface area contributed by atoms with Crippen molar-refractivity contribution in [3.8, 4) is 5.75 Å². The fourth-order valence-corrected chi connectivity index (χ4v) is 1.46. The SMILES string of the molecule is [O]c1ccc(Cl)c2ccccc12. The minimum absolute atomic E-state index is 0.0231. The molecule has 0 N–H and O–H groups in total. The maximum Gasteiger partial charge on any atom is 0.186 e. The van der Waals surface area contributed by atoms with Crippen molar-refractivity contribution in [2.45, 2.75) is 0 Å². The van der Waals surface area contributed by atoms with Gasteiger partial charge in [-0.15, -0.1) is 0 Å². The molecule has 0 bridgehead atoms. The molecule has 0 aliphatic carbocycles. The molecule has 0 saturated heterocycles. The summed E-state index contributed by atoms with van der Waals surface area (Å²) in [6, 6.07) is 10.5. The zero-order valence-electron chi connectivity index (χ0n) is 6.25. The lowest BCUT2D eigenvalue weighted by Gasteiger charge is -1.99. The van der Waals surface area contributed by atoms with Crippen LogP contribution in [0.15, 0.2) is 36.4 Å². The zero-order valence-corrected chi connectivity index (χ0v) is 7.01. The van der Waals surface area contributed by atoms with Gasteiger partial charge in [0.1, 0.15) is 0 Å². The standard InChI is InChI=1S/C10H6ClO/c11-9-5-6-10(12)8-4-2-1-3-7(8)9/h1-6H. The van der Waals surface area contributed by atoms with E-state index in [0.717, 1.165) is 5.39 Å². The summed E-state index contributed by atoms with van der Waals surface area (Å²) >= 11 is 5.89. The van der Waals surface area contributed by atoms with E-state index in [4.69, 9.17) is 11.6 Å². The minimum Gasteiger partial charge on any atom is -0.289 e. The van der Waals surface area contributed by atoms with Crippen LogP contribution in [0.25, 0.3) is 10.8 Å². The Bertz CT molecular complexity index is 383. The fraction of sp³-hybridized carbons (Fsp3) is 0. The van der Waals surface area contributed by atoms with Crippen LogP contribution in [0.5, 0.6) is 5.75 Å². The largest absolute Gasteiger partial charge is 0.289 e. The molecule has 0 aromatic heterocycles. The molecule has 0 fully saturated rings. The number of fused-ring (bicyclic) bond motifs is 1. The van der Waals surface area contributed by atoms with Gasteiger partial charge in [-0.05, 0) is 12.1 Å². The molecule has 2 rings (SSSR count). The molecule has 2 aromatic carbocycles. The van der Waals surface area contributed by atoms with Crippen molar-refractivity contribution in [2.75, 3.05) is 0 Å². The highest BCUT2D eigenvalue weighted by Crippen LogP contribution is 2.30. The van der Waals surface area contributed by atoms with Crippen molar-refractivity contribution in [1.82, 2.24) is 0 Å². The van der Waals surface area contributed by atoms with Crippen molar-refractivity contribution >= 4 is 22.4 Å². The van der Waals surface area contributed by atoms with E-state index < -0.39 is 0 Å². The summed E-state index contributed by atoms with van der Waals surface area (Å²) in [5.74, 6) is 0.0231. The van der Waals surface area contributed by atoms with Gasteiger partial charge in [0.25, 0.3) is 0 Å². The van der Waals surface area contributed by atoms with Crippen LogP contribution in [0.1, 0.15) is 0 Å². The lowest BCUT2D eigenvalue weighted by atomic mass is 10.1. The molecule has 0 aliphatic heterocycles. The van der Waals surface area contributed by atoms with Crippen molar-refractivity contribution < 1.29 is 5.11 Å². The van der Waals surface area contributed by atoms with Gasteiger partial charge in [-0.25, -0.2) is 0 Å². The number of benzene rings is 2. The van der Waals surface area contributed by atoms with E-state index in [9.17, 15) is 5.11 Å². The molecule has 0 atom stereocenters. The normalized spacial score (nSPS) is 10.4. The summed E-state index contributed by atoms with van der Waals surface area (Å²) in [4.78, 5) is 0. The van der Waals surface area contributed by atoms with Crippen LogP contribution in [0, 0.1) is 0 Å². The van der Waals surface area contributed by atoms with Gasteiger partial charge in [0.15, 0.2) is 5.75 Å². The third kappa shape index (κ3) is 1.03. The Balaban J connectivity index is 2.95. The summed E-state index contributed by atoms with van der Waals surface area (Å²) < 4.78 is 0. The number of hydrogen-bond acceptors (Lipinski definition) is 0. The van der Waals surface area contributed by atoms with Crippen molar-refractivity contribution in [3.05, 3.63) is 41.4 Å². The van der Waals surface area contributed by atoms with Gasteiger partial charge in [0.2, 0.25) is 0 Å². The fourth-order valence-electron chi connectivity index (χ4n) is 1.23. The molecule has 0 heterocycles. The zero-order chi connectivity index (χ0) is 8.55. The van der Waals surface area contributed by atoms with Crippen LogP contribution in [0.3, 0.4) is 0 Å². The Morgan fingerprint density at radius 1 is 0.917 bits per heavy atom. The lowest BCUT2D eigenvalue weighted by molar-refractivity contribution is 0.360. The molecule has 0 spiro atoms. The molecule has 0 amide bonds. The summed E-state index contributed by atoms with van der Waals surface area (Å²) in [6.45, 7) is 0. The molecule has 1 radical (unpaired) electrons. The van der Waals surface area contributed by atoms with Crippen molar-refractivity contribution in [3.63, 3.8) is 0 Å². The van der Waals surface area contributed by atoms with Gasteiger partial charge >= 0.3 is 0 Å². The monoisotopic (exact) mass is 177 g/mol. The van der Waals surface area contributed by atoms with Gasteiger partial charge in [0.05, 0.1) is 0 Å². The quantitative estimate of drug-likeness (QED) is 0.586. The molecule has 59 valence electrons. The summed E-state index contributed by atoms with van der Waals surface area (Å²) in [7, 11) is 0. The van der Waals surface area contributed by atoms with E-state index in [-0.39, 0.29) is 5.75 Å². The smallest absolute Gasteiger partial charge is 0.186 e. The summed E-state index contributed by atoms with van der Waals surface area (Å²) in [6.07, 6.45) is 0. The molecule has 0 aliphatic rings. The molecule has 12 heavy (non-hydrogen) atoms. The second kappa shape index (κ2) is 2.68. The predicted octanol–water partition coefficient (Wildman–Crippen LogP) is 3.64. The summed E-state index contributed by atoms with van der Waals surface area (Å²) in [5, 5.41) is 13.4. The van der Waals surface area contributed by atoms with Crippen LogP contribution < -0.4 is 0 Å². The first-order chi connectivity index (χ1) is 5.79. The Morgan fingerprint density at radius 3 is 2.25 bits per heavy atom. The molecule has 2 aromatic rings. The van der Waals surface area contributed by atoms with Gasteiger partial charge in [-0.3, -0.25) is 5.11 Å². The topological polar surface area (TPSA) is 19.9 Å². The van der Waals surface area contributed by atoms with E-state index in [1.54, 1.807) is 12.1 Å². The number of hydrogen-bond donors (Lipinski definition) is 0. The predicted molar refractivity (Wildman–Crippen MR) is 49.1 cm³/mol. The number of halogens is 1. The third-order valence-corrected chi connectivity index (χ3v) is 2.16. The average molecular weight is 178 g/mol. The molecule has 0 saturated carbocycles. The number of rotatable bonds is 0. The van der Waals surface area contributed by atoms with Gasteiger partial charge < -0.3 is 0 Å². The molecular weight excluding hydrogens is 172 g/mol. The second-order valence-corrected chi connectivity index (χ2v) is 3.00. The van der Waals surface area contributed by atoms with Crippen LogP contribution in [-0.4, -0.2) is 0 Å². The van der Waals surface area contributed by atoms with E-state index in [1.165, 1.54) is 6.07 Å².